The first-order valence-corrected chi connectivity index (χ1v) is 11.2. The van der Waals surface area contributed by atoms with Gasteiger partial charge in [-0.3, -0.25) is 0 Å². The minimum absolute atomic E-state index is 1.12. The second kappa shape index (κ2) is 17.5. The molecule has 0 saturated carbocycles. The van der Waals surface area contributed by atoms with Crippen LogP contribution in [-0.4, -0.2) is 0 Å². The van der Waals surface area contributed by atoms with Crippen molar-refractivity contribution in [2.24, 2.45) is 0 Å². The molecule has 0 aliphatic heterocycles. The molecule has 0 atom stereocenters. The molecular formula is C30H44. The van der Waals surface area contributed by atoms with Gasteiger partial charge >= 0.3 is 0 Å². The first-order valence-electron chi connectivity index (χ1n) is 11.2. The van der Waals surface area contributed by atoms with E-state index in [1.165, 1.54) is 33.4 Å². The van der Waals surface area contributed by atoms with Gasteiger partial charge < -0.3 is 0 Å². The fourth-order valence-corrected chi connectivity index (χ4v) is 2.60. The Hall–Kier alpha value is -2.34. The summed E-state index contributed by atoms with van der Waals surface area (Å²) in [7, 11) is 0. The van der Waals surface area contributed by atoms with Crippen LogP contribution in [0.25, 0.3) is 0 Å². The molecule has 0 saturated heterocycles. The molecule has 0 aromatic rings. The molecule has 0 N–H and O–H groups in total. The molecule has 0 unspecified atom stereocenters. The van der Waals surface area contributed by atoms with Crippen molar-refractivity contribution in [3.05, 3.63) is 106 Å². The summed E-state index contributed by atoms with van der Waals surface area (Å²) in [6, 6.07) is 0. The predicted octanol–water partition coefficient (Wildman–Crippen LogP) is 9.93. The molecule has 0 aliphatic rings. The highest BCUT2D eigenvalue weighted by Gasteiger charge is 1.88. The Balaban J connectivity index is 4.50. The van der Waals surface area contributed by atoms with Crippen LogP contribution >= 0.6 is 0 Å². The molecule has 164 valence electrons. The van der Waals surface area contributed by atoms with Gasteiger partial charge in [-0.25, -0.2) is 0 Å². The SMILES string of the molecule is CC(C)=CCC/C(C)=C/C=C/C(C)=C/C=C/C=C(C)/C=C/C=C(\C)CCC=C(C)C. The molecule has 0 nitrogen and oxygen atoms in total. The summed E-state index contributed by atoms with van der Waals surface area (Å²) >= 11 is 0. The third-order valence-electron chi connectivity index (χ3n) is 4.49. The molecule has 30 heavy (non-hydrogen) atoms. The molecule has 0 heteroatoms. The average Bonchev–Trinajstić information content (AvgIpc) is 2.64. The van der Waals surface area contributed by atoms with Gasteiger partial charge in [0.2, 0.25) is 0 Å². The normalized spacial score (nSPS) is 14.3. The summed E-state index contributed by atoms with van der Waals surface area (Å²) in [5.41, 5.74) is 8.11. The molecule has 0 rings (SSSR count). The van der Waals surface area contributed by atoms with Gasteiger partial charge in [0.05, 0.1) is 0 Å². The van der Waals surface area contributed by atoms with Crippen molar-refractivity contribution in [2.45, 2.75) is 81.1 Å². The van der Waals surface area contributed by atoms with Crippen molar-refractivity contribution < 1.29 is 0 Å². The molecule has 0 bridgehead atoms. The van der Waals surface area contributed by atoms with E-state index in [0.29, 0.717) is 0 Å². The maximum atomic E-state index is 2.30. The van der Waals surface area contributed by atoms with Gasteiger partial charge in [-0.15, -0.1) is 0 Å². The molecular weight excluding hydrogens is 360 g/mol. The quantitative estimate of drug-likeness (QED) is 0.224. The Morgan fingerprint density at radius 2 is 0.833 bits per heavy atom. The number of hydrogen-bond acceptors (Lipinski definition) is 0. The molecule has 0 fully saturated rings. The van der Waals surface area contributed by atoms with Crippen molar-refractivity contribution in [1.82, 2.24) is 0 Å². The highest BCUT2D eigenvalue weighted by molar-refractivity contribution is 5.29. The van der Waals surface area contributed by atoms with Crippen LogP contribution < -0.4 is 0 Å². The third-order valence-corrected chi connectivity index (χ3v) is 4.49. The standard InChI is InChI=1S/C30H44/c1-25(2)15-11-19-29(7)23-13-21-27(5)17-9-10-18-28(6)22-14-24-30(8)20-12-16-26(3)4/h9-10,13-18,21-24H,11-12,19-20H2,1-8H3/b10-9+,21-13+,22-14+,27-17+,28-18+,29-23+,30-24+. The Labute approximate surface area is 187 Å². The molecule has 0 amide bonds. The maximum Gasteiger partial charge on any atom is -0.0285 e. The summed E-state index contributed by atoms with van der Waals surface area (Å²) in [6.45, 7) is 17.3. The van der Waals surface area contributed by atoms with Crippen molar-refractivity contribution in [2.75, 3.05) is 0 Å². The van der Waals surface area contributed by atoms with Crippen LogP contribution in [0.15, 0.2) is 106 Å². The first kappa shape index (κ1) is 27.7. The highest BCUT2D eigenvalue weighted by Crippen LogP contribution is 2.08. The van der Waals surface area contributed by atoms with Crippen molar-refractivity contribution in [3.63, 3.8) is 0 Å². The van der Waals surface area contributed by atoms with E-state index >= 15 is 0 Å². The Kier molecular flexibility index (Phi) is 16.1. The second-order valence-electron chi connectivity index (χ2n) is 8.59. The molecule has 0 spiro atoms. The van der Waals surface area contributed by atoms with E-state index in [-0.39, 0.29) is 0 Å². The van der Waals surface area contributed by atoms with Crippen LogP contribution in [0.5, 0.6) is 0 Å². The van der Waals surface area contributed by atoms with Crippen LogP contribution in [0.4, 0.5) is 0 Å². The Morgan fingerprint density at radius 3 is 1.17 bits per heavy atom. The molecule has 0 radical (unpaired) electrons. The summed E-state index contributed by atoms with van der Waals surface area (Å²) in [5.74, 6) is 0. The lowest BCUT2D eigenvalue weighted by molar-refractivity contribution is 0.967. The van der Waals surface area contributed by atoms with Gasteiger partial charge in [-0.05, 0) is 81.1 Å². The largest absolute Gasteiger partial charge is 0.0856 e. The van der Waals surface area contributed by atoms with Crippen molar-refractivity contribution in [3.8, 4) is 0 Å². The lowest BCUT2D eigenvalue weighted by Gasteiger charge is -1.96. The van der Waals surface area contributed by atoms with Gasteiger partial charge in [0, 0.05) is 0 Å². The summed E-state index contributed by atoms with van der Waals surface area (Å²) in [5, 5.41) is 0. The van der Waals surface area contributed by atoms with Gasteiger partial charge in [0.15, 0.2) is 0 Å². The van der Waals surface area contributed by atoms with Gasteiger partial charge in [0.1, 0.15) is 0 Å². The second-order valence-corrected chi connectivity index (χ2v) is 8.59. The molecule has 0 aromatic carbocycles. The fourth-order valence-electron chi connectivity index (χ4n) is 2.60. The zero-order valence-electron chi connectivity index (χ0n) is 20.8. The smallest absolute Gasteiger partial charge is 0.0285 e. The van der Waals surface area contributed by atoms with E-state index in [2.05, 4.69) is 128 Å². The van der Waals surface area contributed by atoms with E-state index in [1.807, 2.05) is 0 Å². The zero-order valence-corrected chi connectivity index (χ0v) is 20.8. The lowest BCUT2D eigenvalue weighted by Crippen LogP contribution is -1.76. The van der Waals surface area contributed by atoms with Gasteiger partial charge in [-0.1, -0.05) is 106 Å². The van der Waals surface area contributed by atoms with Crippen LogP contribution in [0, 0.1) is 0 Å². The topological polar surface area (TPSA) is 0 Å². The third kappa shape index (κ3) is 19.0. The van der Waals surface area contributed by atoms with Crippen LogP contribution in [-0.2, 0) is 0 Å². The van der Waals surface area contributed by atoms with Crippen LogP contribution in [0.2, 0.25) is 0 Å². The molecule has 0 aromatic heterocycles. The Morgan fingerprint density at radius 1 is 0.467 bits per heavy atom. The van der Waals surface area contributed by atoms with Gasteiger partial charge in [0.25, 0.3) is 0 Å². The van der Waals surface area contributed by atoms with E-state index in [1.54, 1.807) is 0 Å². The molecule has 0 aliphatic carbocycles. The highest BCUT2D eigenvalue weighted by atomic mass is 13.9. The summed E-state index contributed by atoms with van der Waals surface area (Å²) in [6.07, 6.45) is 30.6. The van der Waals surface area contributed by atoms with E-state index in [4.69, 9.17) is 0 Å². The predicted molar refractivity (Wildman–Crippen MR) is 140 cm³/mol. The molecule has 0 heterocycles. The summed E-state index contributed by atoms with van der Waals surface area (Å²) in [4.78, 5) is 0. The van der Waals surface area contributed by atoms with Gasteiger partial charge in [-0.2, -0.15) is 0 Å². The van der Waals surface area contributed by atoms with Crippen molar-refractivity contribution >= 4 is 0 Å². The minimum atomic E-state index is 1.12. The minimum Gasteiger partial charge on any atom is -0.0856 e. The fraction of sp³-hybridized carbons (Fsp3) is 0.400. The summed E-state index contributed by atoms with van der Waals surface area (Å²) < 4.78 is 0. The monoisotopic (exact) mass is 404 g/mol. The van der Waals surface area contributed by atoms with E-state index in [9.17, 15) is 0 Å². The van der Waals surface area contributed by atoms with Crippen molar-refractivity contribution in [1.29, 1.82) is 0 Å². The number of allylic oxidation sites excluding steroid dienone is 18. The number of rotatable bonds is 12. The maximum absolute atomic E-state index is 2.30. The van der Waals surface area contributed by atoms with Crippen LogP contribution in [0.3, 0.4) is 0 Å². The van der Waals surface area contributed by atoms with E-state index in [0.717, 1.165) is 25.7 Å². The average molecular weight is 405 g/mol. The number of hydrogen-bond donors (Lipinski definition) is 0. The first-order chi connectivity index (χ1) is 14.2. The van der Waals surface area contributed by atoms with E-state index < -0.39 is 0 Å². The Bertz CT molecular complexity index is 691. The lowest BCUT2D eigenvalue weighted by atomic mass is 10.1. The zero-order chi connectivity index (χ0) is 22.8. The van der Waals surface area contributed by atoms with Crippen LogP contribution in [0.1, 0.15) is 81.1 Å².